The summed E-state index contributed by atoms with van der Waals surface area (Å²) in [7, 11) is 1.67. The lowest BCUT2D eigenvalue weighted by atomic mass is 10.1. The standard InChI is InChI=1S/C16H25NO2/c1-5-6-10-19-16-14(12-17-11-13(2)3)8-7-9-15(16)18-4/h5,7-9,13,17H,1,6,10-12H2,2-4H3. The lowest BCUT2D eigenvalue weighted by Gasteiger charge is -2.15. The Labute approximate surface area is 116 Å². The highest BCUT2D eigenvalue weighted by atomic mass is 16.5. The first-order valence-electron chi connectivity index (χ1n) is 6.79. The second kappa shape index (κ2) is 8.59. The van der Waals surface area contributed by atoms with Crippen LogP contribution >= 0.6 is 0 Å². The Hall–Kier alpha value is -1.48. The third-order valence-corrected chi connectivity index (χ3v) is 2.72. The number of hydrogen-bond acceptors (Lipinski definition) is 3. The monoisotopic (exact) mass is 263 g/mol. The van der Waals surface area contributed by atoms with E-state index in [1.54, 1.807) is 7.11 Å². The molecule has 1 aromatic carbocycles. The van der Waals surface area contributed by atoms with E-state index in [0.29, 0.717) is 12.5 Å². The lowest BCUT2D eigenvalue weighted by molar-refractivity contribution is 0.296. The first-order valence-corrected chi connectivity index (χ1v) is 6.79. The highest BCUT2D eigenvalue weighted by molar-refractivity contribution is 5.46. The van der Waals surface area contributed by atoms with Gasteiger partial charge in [0.2, 0.25) is 0 Å². The van der Waals surface area contributed by atoms with Gasteiger partial charge in [0.15, 0.2) is 11.5 Å². The van der Waals surface area contributed by atoms with Gasteiger partial charge < -0.3 is 14.8 Å². The van der Waals surface area contributed by atoms with Crippen molar-refractivity contribution in [1.29, 1.82) is 0 Å². The van der Waals surface area contributed by atoms with Gasteiger partial charge in [0.1, 0.15) is 0 Å². The number of benzene rings is 1. The predicted octanol–water partition coefficient (Wildman–Crippen LogP) is 3.40. The van der Waals surface area contributed by atoms with E-state index < -0.39 is 0 Å². The summed E-state index contributed by atoms with van der Waals surface area (Å²) >= 11 is 0. The maximum absolute atomic E-state index is 5.82. The molecule has 0 aromatic heterocycles. The molecule has 0 radical (unpaired) electrons. The summed E-state index contributed by atoms with van der Waals surface area (Å²) in [4.78, 5) is 0. The zero-order valence-electron chi connectivity index (χ0n) is 12.2. The molecule has 19 heavy (non-hydrogen) atoms. The third-order valence-electron chi connectivity index (χ3n) is 2.72. The second-order valence-corrected chi connectivity index (χ2v) is 4.90. The van der Waals surface area contributed by atoms with Crippen LogP contribution in [0.1, 0.15) is 25.8 Å². The average Bonchev–Trinajstić information content (AvgIpc) is 2.39. The Kier molecular flexibility index (Phi) is 7.04. The molecule has 0 aliphatic rings. The van der Waals surface area contributed by atoms with E-state index in [0.717, 1.165) is 36.6 Å². The summed E-state index contributed by atoms with van der Waals surface area (Å²) < 4.78 is 11.2. The van der Waals surface area contributed by atoms with E-state index in [1.165, 1.54) is 0 Å². The summed E-state index contributed by atoms with van der Waals surface area (Å²) in [5.74, 6) is 2.26. The van der Waals surface area contributed by atoms with Crippen LogP contribution in [0, 0.1) is 5.92 Å². The van der Waals surface area contributed by atoms with Gasteiger partial charge in [0.25, 0.3) is 0 Å². The molecule has 106 valence electrons. The molecule has 0 bridgehead atoms. The van der Waals surface area contributed by atoms with E-state index in [9.17, 15) is 0 Å². The van der Waals surface area contributed by atoms with Crippen LogP contribution in [-0.2, 0) is 6.54 Å². The Bertz CT molecular complexity index is 388. The maximum atomic E-state index is 5.82. The fourth-order valence-electron chi connectivity index (χ4n) is 1.76. The molecule has 0 aliphatic carbocycles. The van der Waals surface area contributed by atoms with Crippen molar-refractivity contribution in [2.24, 2.45) is 5.92 Å². The summed E-state index contributed by atoms with van der Waals surface area (Å²) in [6, 6.07) is 5.99. The minimum Gasteiger partial charge on any atom is -0.493 e. The van der Waals surface area contributed by atoms with Gasteiger partial charge in [0, 0.05) is 12.1 Å². The topological polar surface area (TPSA) is 30.5 Å². The van der Waals surface area contributed by atoms with Crippen LogP contribution < -0.4 is 14.8 Å². The van der Waals surface area contributed by atoms with Crippen molar-refractivity contribution >= 4 is 0 Å². The molecule has 1 rings (SSSR count). The molecule has 0 amide bonds. The van der Waals surface area contributed by atoms with Crippen LogP contribution in [0.25, 0.3) is 0 Å². The SMILES string of the molecule is C=CCCOc1c(CNCC(C)C)cccc1OC. The van der Waals surface area contributed by atoms with Gasteiger partial charge in [-0.05, 0) is 24.9 Å². The molecular weight excluding hydrogens is 238 g/mol. The van der Waals surface area contributed by atoms with Gasteiger partial charge in [-0.15, -0.1) is 6.58 Å². The minimum atomic E-state index is 0.626. The molecule has 3 nitrogen and oxygen atoms in total. The van der Waals surface area contributed by atoms with Crippen molar-refractivity contribution in [3.8, 4) is 11.5 Å². The first kappa shape index (κ1) is 15.6. The lowest BCUT2D eigenvalue weighted by Crippen LogP contribution is -2.19. The highest BCUT2D eigenvalue weighted by Crippen LogP contribution is 2.31. The van der Waals surface area contributed by atoms with E-state index in [1.807, 2.05) is 18.2 Å². The van der Waals surface area contributed by atoms with Gasteiger partial charge in [-0.1, -0.05) is 32.1 Å². The molecular formula is C16H25NO2. The molecule has 0 saturated heterocycles. The van der Waals surface area contributed by atoms with Crippen molar-refractivity contribution in [1.82, 2.24) is 5.32 Å². The van der Waals surface area contributed by atoms with Crippen molar-refractivity contribution < 1.29 is 9.47 Å². The van der Waals surface area contributed by atoms with E-state index >= 15 is 0 Å². The van der Waals surface area contributed by atoms with Crippen LogP contribution in [-0.4, -0.2) is 20.3 Å². The number of para-hydroxylation sites is 1. The number of ether oxygens (including phenoxy) is 2. The van der Waals surface area contributed by atoms with Crippen molar-refractivity contribution in [2.75, 3.05) is 20.3 Å². The number of methoxy groups -OCH3 is 1. The van der Waals surface area contributed by atoms with Crippen LogP contribution in [0.4, 0.5) is 0 Å². The van der Waals surface area contributed by atoms with Crippen LogP contribution in [0.15, 0.2) is 30.9 Å². The van der Waals surface area contributed by atoms with Gasteiger partial charge in [-0.2, -0.15) is 0 Å². The molecule has 0 atom stereocenters. The zero-order chi connectivity index (χ0) is 14.1. The smallest absolute Gasteiger partial charge is 0.165 e. The quantitative estimate of drug-likeness (QED) is 0.547. The third kappa shape index (κ3) is 5.35. The summed E-state index contributed by atoms with van der Waals surface area (Å²) in [5, 5.41) is 3.43. The first-order chi connectivity index (χ1) is 9.19. The second-order valence-electron chi connectivity index (χ2n) is 4.90. The number of nitrogens with one attached hydrogen (secondary N) is 1. The molecule has 1 aromatic rings. The fourth-order valence-corrected chi connectivity index (χ4v) is 1.76. The van der Waals surface area contributed by atoms with Gasteiger partial charge in [0.05, 0.1) is 13.7 Å². The summed E-state index contributed by atoms with van der Waals surface area (Å²) in [6.45, 7) is 10.5. The van der Waals surface area contributed by atoms with Gasteiger partial charge in [-0.25, -0.2) is 0 Å². The molecule has 0 aliphatic heterocycles. The Balaban J connectivity index is 2.73. The largest absolute Gasteiger partial charge is 0.493 e. The molecule has 3 heteroatoms. The Morgan fingerprint density at radius 3 is 2.79 bits per heavy atom. The minimum absolute atomic E-state index is 0.626. The van der Waals surface area contributed by atoms with Crippen LogP contribution in [0.5, 0.6) is 11.5 Å². The predicted molar refractivity (Wildman–Crippen MR) is 79.8 cm³/mol. The molecule has 0 unspecified atom stereocenters. The summed E-state index contributed by atoms with van der Waals surface area (Å²) in [6.07, 6.45) is 2.68. The Morgan fingerprint density at radius 2 is 2.16 bits per heavy atom. The normalized spacial score (nSPS) is 10.5. The van der Waals surface area contributed by atoms with E-state index in [2.05, 4.69) is 31.8 Å². The number of rotatable bonds is 9. The van der Waals surface area contributed by atoms with E-state index in [4.69, 9.17) is 9.47 Å². The van der Waals surface area contributed by atoms with Crippen molar-refractivity contribution in [3.63, 3.8) is 0 Å². The summed E-state index contributed by atoms with van der Waals surface area (Å²) in [5.41, 5.74) is 1.13. The van der Waals surface area contributed by atoms with E-state index in [-0.39, 0.29) is 0 Å². The van der Waals surface area contributed by atoms with Gasteiger partial charge in [-0.3, -0.25) is 0 Å². The molecule has 0 saturated carbocycles. The average molecular weight is 263 g/mol. The Morgan fingerprint density at radius 1 is 1.37 bits per heavy atom. The van der Waals surface area contributed by atoms with Crippen molar-refractivity contribution in [2.45, 2.75) is 26.8 Å². The zero-order valence-corrected chi connectivity index (χ0v) is 12.2. The molecule has 0 fully saturated rings. The van der Waals surface area contributed by atoms with Gasteiger partial charge >= 0.3 is 0 Å². The maximum Gasteiger partial charge on any atom is 0.165 e. The van der Waals surface area contributed by atoms with Crippen LogP contribution in [0.3, 0.4) is 0 Å². The molecule has 0 heterocycles. The van der Waals surface area contributed by atoms with Crippen molar-refractivity contribution in [3.05, 3.63) is 36.4 Å². The molecule has 0 spiro atoms. The molecule has 1 N–H and O–H groups in total. The fraction of sp³-hybridized carbons (Fsp3) is 0.500. The highest BCUT2D eigenvalue weighted by Gasteiger charge is 2.10. The number of hydrogen-bond donors (Lipinski definition) is 1. The van der Waals surface area contributed by atoms with Crippen LogP contribution in [0.2, 0.25) is 0 Å².